The Morgan fingerprint density at radius 1 is 1.39 bits per heavy atom. The maximum absolute atomic E-state index is 8.78. The van der Waals surface area contributed by atoms with Crippen LogP contribution in [-0.2, 0) is 4.74 Å². The van der Waals surface area contributed by atoms with Crippen LogP contribution >= 0.6 is 0 Å². The monoisotopic (exact) mass is 244 g/mol. The summed E-state index contributed by atoms with van der Waals surface area (Å²) in [5.41, 5.74) is 1.93. The van der Waals surface area contributed by atoms with Crippen molar-refractivity contribution in [2.24, 2.45) is 5.92 Å². The quantitative estimate of drug-likeness (QED) is 0.836. The largest absolute Gasteiger partial charge is 0.383 e. The molecule has 2 rings (SSSR count). The molecule has 96 valence electrons. The molecule has 0 saturated heterocycles. The maximum atomic E-state index is 8.78. The van der Waals surface area contributed by atoms with Gasteiger partial charge in [-0.15, -0.1) is 0 Å². The first-order valence-corrected chi connectivity index (χ1v) is 6.49. The third-order valence-electron chi connectivity index (χ3n) is 3.54. The van der Waals surface area contributed by atoms with Crippen LogP contribution in [0, 0.1) is 17.2 Å². The first-order valence-electron chi connectivity index (χ1n) is 6.49. The van der Waals surface area contributed by atoms with Crippen molar-refractivity contribution < 1.29 is 4.74 Å². The Kier molecular flexibility index (Phi) is 4.35. The maximum Gasteiger partial charge on any atom is 0.0991 e. The van der Waals surface area contributed by atoms with Gasteiger partial charge in [-0.25, -0.2) is 0 Å². The van der Waals surface area contributed by atoms with E-state index < -0.39 is 0 Å². The molecule has 0 radical (unpaired) electrons. The summed E-state index contributed by atoms with van der Waals surface area (Å²) in [6.45, 7) is 2.93. The second-order valence-corrected chi connectivity index (χ2v) is 5.02. The topological polar surface area (TPSA) is 45.0 Å². The molecule has 0 amide bonds. The molecule has 1 aromatic rings. The highest BCUT2D eigenvalue weighted by atomic mass is 16.5. The van der Waals surface area contributed by atoms with E-state index in [-0.39, 0.29) is 0 Å². The zero-order valence-corrected chi connectivity index (χ0v) is 11.0. The molecular weight excluding hydrogens is 224 g/mol. The Bertz CT molecular complexity index is 417. The fourth-order valence-electron chi connectivity index (χ4n) is 2.26. The number of rotatable bonds is 6. The van der Waals surface area contributed by atoms with E-state index in [0.717, 1.165) is 12.5 Å². The Balaban J connectivity index is 1.96. The lowest BCUT2D eigenvalue weighted by Gasteiger charge is -2.23. The molecule has 1 aliphatic rings. The SMILES string of the molecule is COCC(NC(C)c1ccc(C#N)cc1)C1CC1. The van der Waals surface area contributed by atoms with Crippen LogP contribution in [0.3, 0.4) is 0 Å². The Labute approximate surface area is 109 Å². The highest BCUT2D eigenvalue weighted by Crippen LogP contribution is 2.33. The first kappa shape index (κ1) is 13.1. The van der Waals surface area contributed by atoms with E-state index in [1.807, 2.05) is 24.3 Å². The Morgan fingerprint density at radius 2 is 2.06 bits per heavy atom. The van der Waals surface area contributed by atoms with Crippen molar-refractivity contribution in [1.29, 1.82) is 5.26 Å². The van der Waals surface area contributed by atoms with Gasteiger partial charge in [-0.05, 0) is 43.4 Å². The van der Waals surface area contributed by atoms with Gasteiger partial charge < -0.3 is 10.1 Å². The van der Waals surface area contributed by atoms with Crippen molar-refractivity contribution in [3.05, 3.63) is 35.4 Å². The molecule has 0 spiro atoms. The fourth-order valence-corrected chi connectivity index (χ4v) is 2.26. The second-order valence-electron chi connectivity index (χ2n) is 5.02. The van der Waals surface area contributed by atoms with E-state index in [0.29, 0.717) is 17.6 Å². The lowest BCUT2D eigenvalue weighted by Crippen LogP contribution is -2.36. The van der Waals surface area contributed by atoms with Crippen LogP contribution in [0.5, 0.6) is 0 Å². The molecule has 3 nitrogen and oxygen atoms in total. The van der Waals surface area contributed by atoms with Crippen LogP contribution in [0.1, 0.15) is 36.9 Å². The molecule has 1 saturated carbocycles. The van der Waals surface area contributed by atoms with Crippen molar-refractivity contribution in [3.63, 3.8) is 0 Å². The highest BCUT2D eigenvalue weighted by Gasteiger charge is 2.31. The summed E-state index contributed by atoms with van der Waals surface area (Å²) in [7, 11) is 1.75. The minimum Gasteiger partial charge on any atom is -0.383 e. The van der Waals surface area contributed by atoms with Gasteiger partial charge in [0.25, 0.3) is 0 Å². The number of nitrogens with zero attached hydrogens (tertiary/aromatic N) is 1. The summed E-state index contributed by atoms with van der Waals surface area (Å²) in [6.07, 6.45) is 2.61. The molecule has 1 aromatic carbocycles. The summed E-state index contributed by atoms with van der Waals surface area (Å²) in [5.74, 6) is 0.769. The molecule has 0 heterocycles. The molecule has 3 heteroatoms. The number of hydrogen-bond acceptors (Lipinski definition) is 3. The highest BCUT2D eigenvalue weighted by molar-refractivity contribution is 5.32. The molecule has 1 fully saturated rings. The summed E-state index contributed by atoms with van der Waals surface area (Å²) < 4.78 is 5.27. The normalized spacial score (nSPS) is 18.1. The summed E-state index contributed by atoms with van der Waals surface area (Å²) in [5, 5.41) is 12.4. The Hall–Kier alpha value is -1.37. The van der Waals surface area contributed by atoms with Gasteiger partial charge in [-0.1, -0.05) is 12.1 Å². The van der Waals surface area contributed by atoms with E-state index in [9.17, 15) is 0 Å². The standard InChI is InChI=1S/C15H20N2O/c1-11(13-5-3-12(9-16)4-6-13)17-15(10-18-2)14-7-8-14/h3-6,11,14-15,17H,7-8,10H2,1-2H3. The number of ether oxygens (including phenoxy) is 1. The summed E-state index contributed by atoms with van der Waals surface area (Å²) in [4.78, 5) is 0. The molecule has 2 unspecified atom stereocenters. The van der Waals surface area contributed by atoms with Crippen LogP contribution in [-0.4, -0.2) is 19.8 Å². The zero-order chi connectivity index (χ0) is 13.0. The minimum atomic E-state index is 0.290. The van der Waals surface area contributed by atoms with Crippen LogP contribution in [0.2, 0.25) is 0 Å². The average Bonchev–Trinajstić information content (AvgIpc) is 3.22. The summed E-state index contributed by atoms with van der Waals surface area (Å²) in [6, 6.07) is 10.7. The van der Waals surface area contributed by atoms with E-state index in [2.05, 4.69) is 18.3 Å². The van der Waals surface area contributed by atoms with Crippen LogP contribution in [0.25, 0.3) is 0 Å². The van der Waals surface area contributed by atoms with Crippen LogP contribution in [0.15, 0.2) is 24.3 Å². The first-order chi connectivity index (χ1) is 8.74. The molecule has 0 bridgehead atoms. The average molecular weight is 244 g/mol. The smallest absolute Gasteiger partial charge is 0.0991 e. The molecule has 1 N–H and O–H groups in total. The third kappa shape index (κ3) is 3.32. The van der Waals surface area contributed by atoms with Gasteiger partial charge in [0.15, 0.2) is 0 Å². The number of nitrogens with one attached hydrogen (secondary N) is 1. The molecule has 0 aromatic heterocycles. The lowest BCUT2D eigenvalue weighted by atomic mass is 10.0. The van der Waals surface area contributed by atoms with Gasteiger partial charge in [0.1, 0.15) is 0 Å². The number of hydrogen-bond donors (Lipinski definition) is 1. The molecule has 0 aliphatic heterocycles. The van der Waals surface area contributed by atoms with Crippen molar-refractivity contribution >= 4 is 0 Å². The molecule has 2 atom stereocenters. The number of benzene rings is 1. The van der Waals surface area contributed by atoms with E-state index >= 15 is 0 Å². The van der Waals surface area contributed by atoms with Crippen LogP contribution in [0.4, 0.5) is 0 Å². The van der Waals surface area contributed by atoms with Crippen molar-refractivity contribution in [2.75, 3.05) is 13.7 Å². The van der Waals surface area contributed by atoms with Gasteiger partial charge in [0.05, 0.1) is 18.2 Å². The third-order valence-corrected chi connectivity index (χ3v) is 3.54. The Morgan fingerprint density at radius 3 is 2.56 bits per heavy atom. The van der Waals surface area contributed by atoms with Gasteiger partial charge in [-0.2, -0.15) is 5.26 Å². The van der Waals surface area contributed by atoms with Gasteiger partial charge in [0, 0.05) is 19.2 Å². The summed E-state index contributed by atoms with van der Waals surface area (Å²) >= 11 is 0. The van der Waals surface area contributed by atoms with Gasteiger partial charge in [-0.3, -0.25) is 0 Å². The second kappa shape index (κ2) is 5.99. The zero-order valence-electron chi connectivity index (χ0n) is 11.0. The van der Waals surface area contributed by atoms with Crippen molar-refractivity contribution in [3.8, 4) is 6.07 Å². The molecular formula is C15H20N2O. The minimum absolute atomic E-state index is 0.290. The van der Waals surface area contributed by atoms with E-state index in [4.69, 9.17) is 10.00 Å². The molecule has 1 aliphatic carbocycles. The van der Waals surface area contributed by atoms with E-state index in [1.165, 1.54) is 18.4 Å². The fraction of sp³-hybridized carbons (Fsp3) is 0.533. The predicted octanol–water partition coefficient (Wildman–Crippen LogP) is 2.63. The van der Waals surface area contributed by atoms with Gasteiger partial charge in [0.2, 0.25) is 0 Å². The predicted molar refractivity (Wildman–Crippen MR) is 71.1 cm³/mol. The van der Waals surface area contributed by atoms with Crippen molar-refractivity contribution in [1.82, 2.24) is 5.32 Å². The molecule has 18 heavy (non-hydrogen) atoms. The number of nitriles is 1. The van der Waals surface area contributed by atoms with Crippen molar-refractivity contribution in [2.45, 2.75) is 31.8 Å². The van der Waals surface area contributed by atoms with E-state index in [1.54, 1.807) is 7.11 Å². The van der Waals surface area contributed by atoms with Gasteiger partial charge >= 0.3 is 0 Å². The number of methoxy groups -OCH3 is 1. The lowest BCUT2D eigenvalue weighted by molar-refractivity contribution is 0.152. The van der Waals surface area contributed by atoms with Crippen LogP contribution < -0.4 is 5.32 Å².